The van der Waals surface area contributed by atoms with Gasteiger partial charge in [0, 0.05) is 30.2 Å². The van der Waals surface area contributed by atoms with Gasteiger partial charge in [0.15, 0.2) is 5.79 Å². The number of alkyl halides is 2. The van der Waals surface area contributed by atoms with Gasteiger partial charge in [0.1, 0.15) is 47.8 Å². The van der Waals surface area contributed by atoms with Gasteiger partial charge in [-0.2, -0.15) is 0 Å². The lowest BCUT2D eigenvalue weighted by Crippen LogP contribution is -2.18. The summed E-state index contributed by atoms with van der Waals surface area (Å²) in [4.78, 5) is 0. The zero-order valence-corrected chi connectivity index (χ0v) is 40.5. The summed E-state index contributed by atoms with van der Waals surface area (Å²) in [6, 6.07) is 0. The number of rotatable bonds is 0. The van der Waals surface area contributed by atoms with E-state index in [-0.39, 0.29) is 24.7 Å². The summed E-state index contributed by atoms with van der Waals surface area (Å²) in [5.41, 5.74) is 7.25. The Kier molecular flexibility index (Phi) is 27.2. The molecule has 2 fully saturated rings. The number of hydrogen-bond acceptors (Lipinski definition) is 12. The van der Waals surface area contributed by atoms with Crippen molar-refractivity contribution in [2.75, 3.05) is 57.9 Å². The molecular weight excluding hydrogens is 813 g/mol. The van der Waals surface area contributed by atoms with Gasteiger partial charge in [0.2, 0.25) is 6.79 Å². The van der Waals surface area contributed by atoms with E-state index >= 15 is 0 Å². The third kappa shape index (κ3) is 25.1. The predicted octanol–water partition coefficient (Wildman–Crippen LogP) is 13.2. The van der Waals surface area contributed by atoms with Crippen molar-refractivity contribution >= 4 is 23.5 Å². The highest BCUT2D eigenvalue weighted by Gasteiger charge is 2.41. The second-order valence-electron chi connectivity index (χ2n) is 15.4. The fourth-order valence-electron chi connectivity index (χ4n) is 4.90. The van der Waals surface area contributed by atoms with Crippen LogP contribution in [-0.4, -0.2) is 74.0 Å². The Bertz CT molecular complexity index is 1380. The molecule has 0 saturated carbocycles. The first-order chi connectivity index (χ1) is 27.4. The third-order valence-electron chi connectivity index (χ3n) is 9.66. The number of allylic oxidation sites excluding steroid dienone is 12. The molecule has 7 heterocycles. The monoisotopic (exact) mass is 892 g/mol. The molecule has 14 heteroatoms. The number of ether oxygens (including phenoxy) is 9. The first-order valence-corrected chi connectivity index (χ1v) is 22.3. The molecule has 1 N–H and O–H groups in total. The zero-order valence-electron chi connectivity index (χ0n) is 38.9. The average Bonchev–Trinajstić information content (AvgIpc) is 4.05. The van der Waals surface area contributed by atoms with Crippen LogP contribution in [0.3, 0.4) is 0 Å². The number of hydrogen-bond donors (Lipinski definition) is 1. The summed E-state index contributed by atoms with van der Waals surface area (Å²) in [5.74, 6) is 7.42. The topological polar surface area (TPSA) is 95.1 Å². The molecule has 0 amide bonds. The first-order valence-electron chi connectivity index (χ1n) is 20.3. The van der Waals surface area contributed by atoms with Crippen molar-refractivity contribution in [3.8, 4) is 0 Å². The Hall–Kier alpha value is -2.94. The summed E-state index contributed by atoms with van der Waals surface area (Å²) < 4.78 is 67.9. The van der Waals surface area contributed by atoms with E-state index in [0.29, 0.717) is 24.1 Å². The Morgan fingerprint density at radius 1 is 0.550 bits per heavy atom. The summed E-state index contributed by atoms with van der Waals surface area (Å²) in [5, 5.41) is 3.25. The fraction of sp³-hybridized carbons (Fsp3) is 0.696. The van der Waals surface area contributed by atoms with Crippen molar-refractivity contribution in [1.29, 1.82) is 0 Å². The Morgan fingerprint density at radius 2 is 1.02 bits per heavy atom. The van der Waals surface area contributed by atoms with E-state index in [9.17, 15) is 8.78 Å². The van der Waals surface area contributed by atoms with Crippen LogP contribution in [0.5, 0.6) is 0 Å². The fourth-order valence-corrected chi connectivity index (χ4v) is 7.39. The SMILES string of the molecule is C.CC1(C)OCCO1.CC1(C)SCCS1.CC1=C(C)CC=C1.CC1=C(C)NCC1.CC1=C(C)OC(F)(F)O1.CC1=C(C)OCC1.CC1=C(C)OCCO1.CC1=C(C)OCO1. The van der Waals surface area contributed by atoms with Crippen LogP contribution in [-0.2, 0) is 42.6 Å². The molecule has 348 valence electrons. The van der Waals surface area contributed by atoms with Gasteiger partial charge in [-0.15, -0.1) is 32.3 Å². The van der Waals surface area contributed by atoms with Crippen molar-refractivity contribution in [1.82, 2.24) is 5.32 Å². The molecule has 7 aliphatic heterocycles. The van der Waals surface area contributed by atoms with E-state index < -0.39 is 6.29 Å². The first kappa shape index (κ1) is 57.1. The van der Waals surface area contributed by atoms with Crippen LogP contribution in [0.25, 0.3) is 0 Å². The standard InChI is InChI=1S/C7H10.C6H11N.C6H10O2.C6H10O.C5H6F2O2.C5H10O2.C5H8O2.C5H10S2.CH4/c1-6-4-3-5-7(6)2;1-5-3-4-7-6(5)2;1-5-6(2)8-4-3-7-5;1-5-3-4-7-6(5)2;1-3-4(2)9-5(6,7)8-3;1-5(2)6-3-4-7-5;1-4-5(2)7-3-6-4;1-5(2)6-3-4-7-5;/h3-4H,5H2,1-2H3;7H,3-4H2,1-2H3;3-4H2,1-2H3;3-4H2,1-2H3;1-2H3;3-4H2,1-2H3;3H2,1-2H3;3-4H2,1-2H3;1H4. The second-order valence-corrected chi connectivity index (χ2v) is 19.1. The summed E-state index contributed by atoms with van der Waals surface area (Å²) in [6.45, 7) is 37.0. The molecule has 60 heavy (non-hydrogen) atoms. The van der Waals surface area contributed by atoms with Crippen LogP contribution in [0.1, 0.15) is 137 Å². The molecule has 0 unspecified atom stereocenters. The van der Waals surface area contributed by atoms with Gasteiger partial charge < -0.3 is 47.9 Å². The lowest BCUT2D eigenvalue weighted by molar-refractivity contribution is -0.337. The largest absolute Gasteiger partial charge is 0.585 e. The van der Waals surface area contributed by atoms with E-state index in [1.165, 1.54) is 66.2 Å². The van der Waals surface area contributed by atoms with Crippen LogP contribution >= 0.6 is 23.5 Å². The minimum absolute atomic E-state index is 0. The minimum Gasteiger partial charge on any atom is -0.498 e. The molecule has 2 saturated heterocycles. The minimum atomic E-state index is -3.44. The van der Waals surface area contributed by atoms with Crippen molar-refractivity contribution in [3.05, 3.63) is 80.5 Å². The van der Waals surface area contributed by atoms with Crippen molar-refractivity contribution in [2.45, 2.75) is 154 Å². The van der Waals surface area contributed by atoms with Gasteiger partial charge >= 0.3 is 6.29 Å². The molecular formula is C46H79F2NO9S2. The second kappa shape index (κ2) is 28.6. The van der Waals surface area contributed by atoms with Crippen molar-refractivity contribution in [2.24, 2.45) is 0 Å². The Balaban J connectivity index is 0.000000662. The number of thioether (sulfide) groups is 2. The molecule has 8 rings (SSSR count). The van der Waals surface area contributed by atoms with Gasteiger partial charge in [-0.1, -0.05) is 36.3 Å². The summed E-state index contributed by atoms with van der Waals surface area (Å²) >= 11 is 4.12. The maximum Gasteiger partial charge on any atom is 0.585 e. The highest BCUT2D eigenvalue weighted by Crippen LogP contribution is 2.42. The molecule has 0 aromatic rings. The molecule has 0 aromatic heterocycles. The molecule has 0 atom stereocenters. The quantitative estimate of drug-likeness (QED) is 0.251. The maximum atomic E-state index is 12.0. The lowest BCUT2D eigenvalue weighted by atomic mass is 10.2. The van der Waals surface area contributed by atoms with Crippen LogP contribution in [0, 0.1) is 0 Å². The van der Waals surface area contributed by atoms with Crippen molar-refractivity contribution < 1.29 is 51.4 Å². The molecule has 0 spiro atoms. The Labute approximate surface area is 370 Å². The molecule has 1 aliphatic carbocycles. The van der Waals surface area contributed by atoms with E-state index in [1.807, 2.05) is 48.5 Å². The lowest BCUT2D eigenvalue weighted by Gasteiger charge is -2.16. The van der Waals surface area contributed by atoms with Gasteiger partial charge in [-0.3, -0.25) is 0 Å². The third-order valence-corrected chi connectivity index (χ3v) is 12.8. The van der Waals surface area contributed by atoms with E-state index in [4.69, 9.17) is 33.2 Å². The molecule has 0 radical (unpaired) electrons. The predicted molar refractivity (Wildman–Crippen MR) is 245 cm³/mol. The number of halogens is 2. The van der Waals surface area contributed by atoms with Crippen LogP contribution in [0.15, 0.2) is 80.5 Å². The van der Waals surface area contributed by atoms with Gasteiger partial charge in [-0.05, 0) is 129 Å². The van der Waals surface area contributed by atoms with E-state index in [2.05, 4.69) is 98.9 Å². The van der Waals surface area contributed by atoms with Crippen LogP contribution in [0.2, 0.25) is 0 Å². The molecule has 0 bridgehead atoms. The highest BCUT2D eigenvalue weighted by atomic mass is 32.2. The summed E-state index contributed by atoms with van der Waals surface area (Å²) in [6.07, 6.45) is 4.48. The van der Waals surface area contributed by atoms with Crippen LogP contribution in [0.4, 0.5) is 8.78 Å². The van der Waals surface area contributed by atoms with E-state index in [1.54, 1.807) is 0 Å². The number of nitrogens with one attached hydrogen (secondary N) is 1. The highest BCUT2D eigenvalue weighted by molar-refractivity contribution is 8.21. The normalized spacial score (nSPS) is 22.0. The van der Waals surface area contributed by atoms with E-state index in [0.717, 1.165) is 61.6 Å². The summed E-state index contributed by atoms with van der Waals surface area (Å²) in [7, 11) is 0. The van der Waals surface area contributed by atoms with Crippen LogP contribution < -0.4 is 5.32 Å². The van der Waals surface area contributed by atoms with Gasteiger partial charge in [0.05, 0.1) is 29.7 Å². The molecule has 8 aliphatic rings. The molecule has 0 aromatic carbocycles. The van der Waals surface area contributed by atoms with Gasteiger partial charge in [0.25, 0.3) is 0 Å². The van der Waals surface area contributed by atoms with Gasteiger partial charge in [-0.25, -0.2) is 0 Å². The van der Waals surface area contributed by atoms with Crippen molar-refractivity contribution in [3.63, 3.8) is 0 Å². The average molecular weight is 892 g/mol. The molecule has 10 nitrogen and oxygen atoms in total. The Morgan fingerprint density at radius 3 is 1.17 bits per heavy atom. The smallest absolute Gasteiger partial charge is 0.498 e. The zero-order chi connectivity index (χ0) is 44.8. The maximum absolute atomic E-state index is 12.0.